The van der Waals surface area contributed by atoms with Gasteiger partial charge in [-0.05, 0) is 127 Å². The smallest absolute Gasteiger partial charge is 0.306 e. The summed E-state index contributed by atoms with van der Waals surface area (Å²) >= 11 is 0. The quantitative estimate of drug-likeness (QED) is 0.0266. The van der Waals surface area contributed by atoms with E-state index in [1.165, 1.54) is 69.9 Å². The monoisotopic (exact) mass is 1020 g/mol. The number of fused-ring (bicyclic) bond motifs is 5. The molecule has 0 spiro atoms. The molecule has 3 saturated carbocycles. The Morgan fingerprint density at radius 2 is 1.30 bits per heavy atom. The number of esters is 3. The molecule has 4 aliphatic rings. The van der Waals surface area contributed by atoms with Crippen LogP contribution in [-0.2, 0) is 38.2 Å². The molecule has 2 N–H and O–H groups in total. The minimum absolute atomic E-state index is 0.0501. The number of rotatable bonds is 37. The van der Waals surface area contributed by atoms with Gasteiger partial charge < -0.3 is 24.4 Å². The number of aliphatic hydroxyl groups is 2. The molecule has 4 aliphatic carbocycles. The Labute approximate surface area is 439 Å². The predicted molar refractivity (Wildman–Crippen MR) is 288 cm³/mol. The Morgan fingerprint density at radius 3 is 1.97 bits per heavy atom. The van der Waals surface area contributed by atoms with Gasteiger partial charge in [0.25, 0.3) is 0 Å². The van der Waals surface area contributed by atoms with Crippen LogP contribution in [0.1, 0.15) is 234 Å². The number of halogens is 1. The number of carbonyl (C=O) groups excluding carboxylic acids is 5. The van der Waals surface area contributed by atoms with E-state index in [1.54, 1.807) is 26.8 Å². The highest BCUT2D eigenvalue weighted by Gasteiger charge is 2.75. The van der Waals surface area contributed by atoms with Crippen molar-refractivity contribution in [2.75, 3.05) is 13.2 Å². The first-order valence-electron chi connectivity index (χ1n) is 29.1. The lowest BCUT2D eigenvalue weighted by atomic mass is 9.44. The fourth-order valence-electron chi connectivity index (χ4n) is 12.7. The van der Waals surface area contributed by atoms with Gasteiger partial charge in [-0.25, -0.2) is 4.39 Å². The van der Waals surface area contributed by atoms with Gasteiger partial charge in [0.15, 0.2) is 18.1 Å². The van der Waals surface area contributed by atoms with Gasteiger partial charge in [-0.1, -0.05) is 153 Å². The number of alkyl halides is 1. The highest BCUT2D eigenvalue weighted by molar-refractivity contribution is 6.01. The molecule has 0 amide bonds. The van der Waals surface area contributed by atoms with Crippen LogP contribution in [0.4, 0.5) is 4.39 Å². The second-order valence-corrected chi connectivity index (χ2v) is 22.5. The van der Waals surface area contributed by atoms with Gasteiger partial charge in [0.1, 0.15) is 11.7 Å². The lowest BCUT2D eigenvalue weighted by Crippen LogP contribution is -2.69. The van der Waals surface area contributed by atoms with E-state index < -0.39 is 70.3 Å². The number of carbonyl (C=O) groups is 5. The SMILES string of the molecule is CCCCC/C=C\C/C=C\CCCCCCCC(=O)O[C@@H](C/C=C\CCCCCCCCOC(=O)CCC(=O)OCC(=O)[C@@]1(O)[C@H](C)C[C@H]2C3CCC4=CC(=O)C=CC4(C)[C@@]3(F)C(O)CC21C)CCCCCC. The van der Waals surface area contributed by atoms with Crippen molar-refractivity contribution in [1.82, 2.24) is 0 Å². The molecular formula is C62H97FO10. The zero-order valence-corrected chi connectivity index (χ0v) is 46.0. The summed E-state index contributed by atoms with van der Waals surface area (Å²) in [5.74, 6) is -3.92. The van der Waals surface area contributed by atoms with Crippen molar-refractivity contribution in [3.63, 3.8) is 0 Å². The molecule has 0 aliphatic heterocycles. The van der Waals surface area contributed by atoms with Crippen LogP contribution in [0.2, 0.25) is 0 Å². The van der Waals surface area contributed by atoms with E-state index in [1.807, 2.05) is 0 Å². The average molecular weight is 1020 g/mol. The lowest BCUT2D eigenvalue weighted by Gasteiger charge is -2.62. The van der Waals surface area contributed by atoms with Gasteiger partial charge in [0.05, 0.1) is 25.6 Å². The number of unbranched alkanes of at least 4 members (excludes halogenated alkanes) is 17. The number of hydrogen-bond donors (Lipinski definition) is 2. The second-order valence-electron chi connectivity index (χ2n) is 22.5. The van der Waals surface area contributed by atoms with Crippen LogP contribution in [0.5, 0.6) is 0 Å². The van der Waals surface area contributed by atoms with Crippen molar-refractivity contribution >= 4 is 29.5 Å². The van der Waals surface area contributed by atoms with Gasteiger partial charge in [-0.3, -0.25) is 24.0 Å². The van der Waals surface area contributed by atoms with Crippen LogP contribution in [-0.4, -0.2) is 76.4 Å². The molecule has 0 aromatic carbocycles. The zero-order chi connectivity index (χ0) is 53.2. The van der Waals surface area contributed by atoms with E-state index in [0.29, 0.717) is 31.3 Å². The Hall–Kier alpha value is -3.70. The number of ether oxygens (including phenoxy) is 3. The highest BCUT2D eigenvalue weighted by Crippen LogP contribution is 2.70. The van der Waals surface area contributed by atoms with Crippen LogP contribution in [0.25, 0.3) is 0 Å². The third-order valence-corrected chi connectivity index (χ3v) is 17.1. The van der Waals surface area contributed by atoms with Crippen LogP contribution in [0.15, 0.2) is 60.3 Å². The molecule has 73 heavy (non-hydrogen) atoms. The summed E-state index contributed by atoms with van der Waals surface area (Å²) in [5.41, 5.74) is -5.76. The summed E-state index contributed by atoms with van der Waals surface area (Å²) in [6.07, 6.45) is 43.5. The molecule has 0 saturated heterocycles. The van der Waals surface area contributed by atoms with Gasteiger partial charge in [0, 0.05) is 29.6 Å². The summed E-state index contributed by atoms with van der Waals surface area (Å²) in [5, 5.41) is 23.7. The maximum atomic E-state index is 17.5. The van der Waals surface area contributed by atoms with E-state index in [9.17, 15) is 34.2 Å². The molecular weight excluding hydrogens is 924 g/mol. The molecule has 11 heteroatoms. The first-order chi connectivity index (χ1) is 35.1. The number of Topliss-reactive ketones (excluding diaryl/α,β-unsaturated/α-hetero) is 1. The Bertz CT molecular complexity index is 1880. The summed E-state index contributed by atoms with van der Waals surface area (Å²) in [6.45, 7) is 9.22. The van der Waals surface area contributed by atoms with Crippen molar-refractivity contribution in [3.8, 4) is 0 Å². The van der Waals surface area contributed by atoms with Crippen molar-refractivity contribution in [3.05, 3.63) is 60.3 Å². The van der Waals surface area contributed by atoms with Crippen LogP contribution in [0, 0.1) is 28.6 Å². The fraction of sp³-hybridized carbons (Fsp3) is 0.758. The molecule has 0 aromatic rings. The molecule has 412 valence electrons. The average Bonchev–Trinajstić information content (AvgIpc) is 3.56. The summed E-state index contributed by atoms with van der Waals surface area (Å²) in [7, 11) is 0. The van der Waals surface area contributed by atoms with Crippen molar-refractivity contribution in [1.29, 1.82) is 0 Å². The van der Waals surface area contributed by atoms with E-state index in [0.717, 1.165) is 96.3 Å². The van der Waals surface area contributed by atoms with E-state index in [-0.39, 0.29) is 43.7 Å². The van der Waals surface area contributed by atoms with Gasteiger partial charge >= 0.3 is 17.9 Å². The number of aliphatic hydroxyl groups excluding tert-OH is 1. The molecule has 0 radical (unpaired) electrons. The van der Waals surface area contributed by atoms with Gasteiger partial charge in [-0.2, -0.15) is 0 Å². The molecule has 4 rings (SSSR count). The van der Waals surface area contributed by atoms with Crippen molar-refractivity contribution in [2.24, 2.45) is 28.6 Å². The largest absolute Gasteiger partial charge is 0.466 e. The van der Waals surface area contributed by atoms with Crippen LogP contribution < -0.4 is 0 Å². The van der Waals surface area contributed by atoms with Crippen molar-refractivity contribution < 1.29 is 52.8 Å². The minimum Gasteiger partial charge on any atom is -0.466 e. The molecule has 0 aromatic heterocycles. The first kappa shape index (κ1) is 61.8. The van der Waals surface area contributed by atoms with E-state index in [2.05, 4.69) is 50.3 Å². The third kappa shape index (κ3) is 17.7. The van der Waals surface area contributed by atoms with E-state index >= 15 is 4.39 Å². The topological polar surface area (TPSA) is 154 Å². The fourth-order valence-corrected chi connectivity index (χ4v) is 12.7. The second kappa shape index (κ2) is 32.0. The maximum Gasteiger partial charge on any atom is 0.306 e. The molecule has 0 bridgehead atoms. The highest BCUT2D eigenvalue weighted by atomic mass is 19.1. The normalized spacial score (nSPS) is 28.0. The number of allylic oxidation sites excluding steroid dienone is 9. The summed E-state index contributed by atoms with van der Waals surface area (Å²) in [4.78, 5) is 63.8. The van der Waals surface area contributed by atoms with Crippen LogP contribution in [0.3, 0.4) is 0 Å². The first-order valence-corrected chi connectivity index (χ1v) is 29.1. The Kier molecular flexibility index (Phi) is 27.1. The maximum absolute atomic E-state index is 17.5. The third-order valence-electron chi connectivity index (χ3n) is 17.1. The molecule has 4 unspecified atom stereocenters. The standard InChI is InChI=1S/C62H97FO10/c1-6-8-10-12-13-14-15-16-17-18-19-22-25-28-32-36-58(69)73-51(34-30-11-9-7-2)35-31-27-24-21-20-23-26-29-33-43-71-56(67)39-40-57(68)72-47-55(66)62(70)48(3)44-53-52-38-37-49-45-50(64)41-42-59(49,4)61(52,63)54(65)46-60(53,62)5/h13-14,16-17,27,31,41-42,45,48,51-54,65,70H,6-12,15,18-26,28-30,32-40,43-44,46-47H2,1-5H3/b14-13-,17-16-,31-27-/t48-,51-,52?,53+,54?,59?,60?,61+,62+/m1/s1. The van der Waals surface area contributed by atoms with Gasteiger partial charge in [-0.15, -0.1) is 0 Å². The molecule has 0 heterocycles. The Morgan fingerprint density at radius 1 is 0.726 bits per heavy atom. The van der Waals surface area contributed by atoms with Crippen molar-refractivity contribution in [2.45, 2.75) is 257 Å². The van der Waals surface area contributed by atoms with Gasteiger partial charge in [0.2, 0.25) is 5.78 Å². The predicted octanol–water partition coefficient (Wildman–Crippen LogP) is 14.1. The Balaban J connectivity index is 1.02. The van der Waals surface area contributed by atoms with Crippen LogP contribution >= 0.6 is 0 Å². The van der Waals surface area contributed by atoms with E-state index in [4.69, 9.17) is 14.2 Å². The lowest BCUT2D eigenvalue weighted by molar-refractivity contribution is -0.220. The number of hydrogen-bond acceptors (Lipinski definition) is 10. The molecule has 10 nitrogen and oxygen atoms in total. The molecule has 3 fully saturated rings. The molecule has 9 atom stereocenters. The minimum atomic E-state index is -2.09. The zero-order valence-electron chi connectivity index (χ0n) is 46.0. The number of ketones is 2. The summed E-state index contributed by atoms with van der Waals surface area (Å²) < 4.78 is 34.1. The summed E-state index contributed by atoms with van der Waals surface area (Å²) in [6, 6.07) is 0.